The lowest BCUT2D eigenvalue weighted by atomic mass is 10.3. The first kappa shape index (κ1) is 19.4. The van der Waals surface area contributed by atoms with Gasteiger partial charge in [-0.3, -0.25) is 4.84 Å². The fourth-order valence-electron chi connectivity index (χ4n) is 2.03. The summed E-state index contributed by atoms with van der Waals surface area (Å²) in [5.41, 5.74) is 1.41. The second-order valence-corrected chi connectivity index (χ2v) is 4.59. The average Bonchev–Trinajstić information content (AvgIpc) is 2.95. The van der Waals surface area contributed by atoms with Crippen molar-refractivity contribution in [3.63, 3.8) is 0 Å². The van der Waals surface area contributed by atoms with E-state index in [1.807, 2.05) is 36.4 Å². The maximum absolute atomic E-state index is 11.6. The molecule has 1 aromatic carbocycles. The summed E-state index contributed by atoms with van der Waals surface area (Å²) < 4.78 is 0.803. The van der Waals surface area contributed by atoms with Gasteiger partial charge in [0.05, 0.1) is 12.2 Å². The Bertz CT molecular complexity index is 640. The summed E-state index contributed by atoms with van der Waals surface area (Å²) >= 11 is 0. The Morgan fingerprint density at radius 3 is 2.61 bits per heavy atom. The Labute approximate surface area is 155 Å². The summed E-state index contributed by atoms with van der Waals surface area (Å²) in [6.07, 6.45) is 1.46. The molecule has 0 spiro atoms. The summed E-state index contributed by atoms with van der Waals surface area (Å²) in [6.45, 7) is 1.66. The number of benzene rings is 1. The van der Waals surface area contributed by atoms with Gasteiger partial charge in [-0.1, -0.05) is 18.2 Å². The van der Waals surface area contributed by atoms with Gasteiger partial charge in [0.25, 0.3) is 0 Å². The molecule has 0 saturated carbocycles. The molecule has 1 aliphatic rings. The molecule has 2 aromatic rings. The zero-order chi connectivity index (χ0) is 14.5. The summed E-state index contributed by atoms with van der Waals surface area (Å²) in [6, 6.07) is 14.9. The van der Waals surface area contributed by atoms with Crippen molar-refractivity contribution >= 4 is 45.6 Å². The summed E-state index contributed by atoms with van der Waals surface area (Å²) in [5, 5.41) is 16.4. The highest BCUT2D eigenvalue weighted by Gasteiger charge is 2.20. The van der Waals surface area contributed by atoms with Gasteiger partial charge in [0.2, 0.25) is 11.7 Å². The third-order valence-electron chi connectivity index (χ3n) is 3.10. The van der Waals surface area contributed by atoms with Gasteiger partial charge in [-0.15, -0.1) is 34.0 Å². The van der Waals surface area contributed by atoms with Crippen molar-refractivity contribution in [2.75, 3.05) is 13.1 Å². The largest absolute Gasteiger partial charge is 0.618 e. The van der Waals surface area contributed by atoms with Crippen LogP contribution in [0.15, 0.2) is 59.7 Å². The number of aromatic nitrogens is 1. The lowest BCUT2D eigenvalue weighted by molar-refractivity contribution is -0.617. The van der Waals surface area contributed by atoms with Crippen LogP contribution in [0.5, 0.6) is 0 Å². The maximum Gasteiger partial charge on any atom is 0.223 e. The van der Waals surface area contributed by atoms with Gasteiger partial charge in [-0.05, 0) is 18.2 Å². The van der Waals surface area contributed by atoms with E-state index in [0.29, 0.717) is 18.2 Å². The van der Waals surface area contributed by atoms with E-state index in [1.54, 1.807) is 17.2 Å². The molecule has 23 heavy (non-hydrogen) atoms. The Kier molecular flexibility index (Phi) is 8.01. The van der Waals surface area contributed by atoms with Gasteiger partial charge in [0, 0.05) is 18.7 Å². The van der Waals surface area contributed by atoms with Crippen LogP contribution in [0.3, 0.4) is 0 Å². The molecular weight excluding hydrogens is 428 g/mol. The fraction of sp³-hybridized carbons (Fsp3) is 0.200. The SMILES string of the molecule is Br.Br.[O-][n+]1ccccc1CON1CCN/C1=N\c1ccccc1. The third kappa shape index (κ3) is 5.19. The lowest BCUT2D eigenvalue weighted by Gasteiger charge is -2.16. The number of pyridine rings is 1. The smallest absolute Gasteiger partial charge is 0.223 e. The highest BCUT2D eigenvalue weighted by Crippen LogP contribution is 2.12. The Morgan fingerprint density at radius 1 is 1.13 bits per heavy atom. The average molecular weight is 446 g/mol. The van der Waals surface area contributed by atoms with E-state index < -0.39 is 0 Å². The van der Waals surface area contributed by atoms with Gasteiger partial charge < -0.3 is 10.5 Å². The minimum absolute atomic E-state index is 0. The van der Waals surface area contributed by atoms with Gasteiger partial charge >= 0.3 is 0 Å². The second-order valence-electron chi connectivity index (χ2n) is 4.59. The zero-order valence-electron chi connectivity index (χ0n) is 12.3. The van der Waals surface area contributed by atoms with E-state index in [4.69, 9.17) is 4.84 Å². The van der Waals surface area contributed by atoms with Crippen LogP contribution in [-0.4, -0.2) is 24.1 Å². The van der Waals surface area contributed by atoms with Crippen molar-refractivity contribution < 1.29 is 9.57 Å². The number of nitrogens with zero attached hydrogens (tertiary/aromatic N) is 3. The number of rotatable bonds is 4. The lowest BCUT2D eigenvalue weighted by Crippen LogP contribution is -2.35. The van der Waals surface area contributed by atoms with Crippen molar-refractivity contribution in [3.05, 3.63) is 65.6 Å². The number of nitrogens with one attached hydrogen (secondary N) is 1. The normalized spacial score (nSPS) is 14.8. The molecule has 2 heterocycles. The summed E-state index contributed by atoms with van der Waals surface area (Å²) in [7, 11) is 0. The summed E-state index contributed by atoms with van der Waals surface area (Å²) in [4.78, 5) is 10.2. The highest BCUT2D eigenvalue weighted by molar-refractivity contribution is 8.93. The molecule has 124 valence electrons. The first-order valence-corrected chi connectivity index (χ1v) is 6.78. The molecule has 0 atom stereocenters. The second kappa shape index (κ2) is 9.49. The molecule has 3 rings (SSSR count). The van der Waals surface area contributed by atoms with Gasteiger partial charge in [0.1, 0.15) is 0 Å². The first-order chi connectivity index (χ1) is 10.3. The standard InChI is InChI=1S/C15H16N4O2.2BrH/c20-18-10-5-4-8-14(18)12-21-19-11-9-16-15(19)17-13-6-2-1-3-7-13;;/h1-8,10H,9,11-12H2,(H,16,17);2*1H. The highest BCUT2D eigenvalue weighted by atomic mass is 79.9. The molecular formula is C15H18Br2N4O2. The Morgan fingerprint density at radius 2 is 1.87 bits per heavy atom. The first-order valence-electron chi connectivity index (χ1n) is 6.78. The molecule has 6 nitrogen and oxygen atoms in total. The zero-order valence-corrected chi connectivity index (χ0v) is 15.7. The number of guanidine groups is 1. The van der Waals surface area contributed by atoms with Crippen molar-refractivity contribution in [2.45, 2.75) is 6.61 Å². The van der Waals surface area contributed by atoms with E-state index in [1.165, 1.54) is 6.20 Å². The molecule has 0 bridgehead atoms. The van der Waals surface area contributed by atoms with Crippen molar-refractivity contribution in [2.24, 2.45) is 4.99 Å². The molecule has 1 saturated heterocycles. The fourth-order valence-corrected chi connectivity index (χ4v) is 2.03. The molecule has 1 fully saturated rings. The van der Waals surface area contributed by atoms with Crippen LogP contribution in [0, 0.1) is 5.21 Å². The molecule has 0 amide bonds. The quantitative estimate of drug-likeness (QED) is 0.580. The van der Waals surface area contributed by atoms with Gasteiger partial charge in [-0.2, -0.15) is 4.73 Å². The predicted molar refractivity (Wildman–Crippen MR) is 99.1 cm³/mol. The number of halogens is 2. The topological polar surface area (TPSA) is 63.8 Å². The Hall–Kier alpha value is -1.64. The summed E-state index contributed by atoms with van der Waals surface area (Å²) in [5.74, 6) is 0.662. The number of hydrogen-bond acceptors (Lipinski definition) is 3. The minimum Gasteiger partial charge on any atom is -0.618 e. The number of para-hydroxylation sites is 1. The van der Waals surface area contributed by atoms with Crippen LogP contribution in [0.1, 0.15) is 5.69 Å². The van der Waals surface area contributed by atoms with Crippen LogP contribution >= 0.6 is 34.0 Å². The van der Waals surface area contributed by atoms with Gasteiger partial charge in [0.15, 0.2) is 12.8 Å². The molecule has 8 heteroatoms. The van der Waals surface area contributed by atoms with E-state index in [-0.39, 0.29) is 40.6 Å². The van der Waals surface area contributed by atoms with Gasteiger partial charge in [-0.25, -0.2) is 10.1 Å². The van der Waals surface area contributed by atoms with Crippen molar-refractivity contribution in [1.82, 2.24) is 10.4 Å². The molecule has 1 aromatic heterocycles. The molecule has 0 aliphatic carbocycles. The third-order valence-corrected chi connectivity index (χ3v) is 3.10. The molecule has 1 aliphatic heterocycles. The van der Waals surface area contributed by atoms with Crippen LogP contribution in [0.25, 0.3) is 0 Å². The van der Waals surface area contributed by atoms with Crippen LogP contribution in [0.4, 0.5) is 5.69 Å². The van der Waals surface area contributed by atoms with Crippen molar-refractivity contribution in [1.29, 1.82) is 0 Å². The number of aliphatic imine (C=N–C) groups is 1. The molecule has 0 unspecified atom stereocenters. The number of hydrogen-bond donors (Lipinski definition) is 1. The molecule has 1 N–H and O–H groups in total. The minimum atomic E-state index is 0. The monoisotopic (exact) mass is 444 g/mol. The van der Waals surface area contributed by atoms with Crippen LogP contribution in [0.2, 0.25) is 0 Å². The van der Waals surface area contributed by atoms with E-state index in [2.05, 4.69) is 10.3 Å². The van der Waals surface area contributed by atoms with Crippen LogP contribution < -0.4 is 10.0 Å². The molecule has 0 radical (unpaired) electrons. The Balaban J connectivity index is 0.00000132. The van der Waals surface area contributed by atoms with E-state index in [0.717, 1.165) is 17.0 Å². The number of hydroxylamine groups is 2. The van der Waals surface area contributed by atoms with Crippen LogP contribution in [-0.2, 0) is 11.4 Å². The predicted octanol–water partition coefficient (Wildman–Crippen LogP) is 2.50. The maximum atomic E-state index is 11.6. The van der Waals surface area contributed by atoms with Crippen molar-refractivity contribution in [3.8, 4) is 0 Å². The van der Waals surface area contributed by atoms with E-state index >= 15 is 0 Å². The van der Waals surface area contributed by atoms with E-state index in [9.17, 15) is 5.21 Å².